The molecule has 0 aliphatic carbocycles. The van der Waals surface area contributed by atoms with Gasteiger partial charge in [0, 0.05) is 0 Å². The smallest absolute Gasteiger partial charge is 0.245 e. The van der Waals surface area contributed by atoms with Crippen molar-refractivity contribution in [2.24, 2.45) is 0 Å². The number of nitrogens with two attached hydrogens (primary N) is 1. The molecule has 3 N–H and O–H groups in total. The molecule has 2 aromatic heterocycles. The van der Waals surface area contributed by atoms with Gasteiger partial charge >= 0.3 is 0 Å². The lowest BCUT2D eigenvalue weighted by molar-refractivity contribution is 0.379. The molecular formula is C8H11N5OS2. The summed E-state index contributed by atoms with van der Waals surface area (Å²) in [6.07, 6.45) is 1.96. The molecule has 0 unspecified atom stereocenters. The summed E-state index contributed by atoms with van der Waals surface area (Å²) < 4.78 is 9.06. The maximum Gasteiger partial charge on any atom is 0.245 e. The van der Waals surface area contributed by atoms with E-state index in [1.807, 2.05) is 6.26 Å². The summed E-state index contributed by atoms with van der Waals surface area (Å²) >= 11 is 2.89. The molecule has 0 saturated heterocycles. The van der Waals surface area contributed by atoms with Crippen LogP contribution in [0, 0.1) is 6.92 Å². The molecule has 6 nitrogen and oxygen atoms in total. The van der Waals surface area contributed by atoms with E-state index in [9.17, 15) is 0 Å². The molecule has 0 amide bonds. The monoisotopic (exact) mass is 257 g/mol. The Morgan fingerprint density at radius 2 is 2.38 bits per heavy atom. The molecule has 0 bridgehead atoms. The van der Waals surface area contributed by atoms with Gasteiger partial charge in [-0.3, -0.25) is 0 Å². The van der Waals surface area contributed by atoms with E-state index in [1.54, 1.807) is 18.7 Å². The fraction of sp³-hybridized carbons (Fsp3) is 0.375. The zero-order chi connectivity index (χ0) is 11.5. The Balaban J connectivity index is 2.04. The third-order valence-electron chi connectivity index (χ3n) is 1.85. The van der Waals surface area contributed by atoms with E-state index in [2.05, 4.69) is 19.8 Å². The number of aryl methyl sites for hydroxylation is 1. The predicted octanol–water partition coefficient (Wildman–Crippen LogP) is 1.75. The zero-order valence-corrected chi connectivity index (χ0v) is 10.5. The molecule has 0 saturated carbocycles. The molecule has 2 heterocycles. The minimum atomic E-state index is 0.482. The standard InChI is InChI=1S/C8H11N5OS2/c1-4-11-5(14-12-4)3-10-8-6(15-2)7(9)13-16-8/h10H,3H2,1-2H3,(H2,9,13). The van der Waals surface area contributed by atoms with E-state index < -0.39 is 0 Å². The van der Waals surface area contributed by atoms with Crippen molar-refractivity contribution in [1.29, 1.82) is 0 Å². The van der Waals surface area contributed by atoms with Crippen LogP contribution in [0.1, 0.15) is 11.7 Å². The Morgan fingerprint density at radius 3 is 3.00 bits per heavy atom. The molecule has 0 atom stereocenters. The number of nitrogens with one attached hydrogen (secondary N) is 1. The van der Waals surface area contributed by atoms with Crippen LogP contribution < -0.4 is 11.1 Å². The molecule has 0 aromatic carbocycles. The van der Waals surface area contributed by atoms with Crippen LogP contribution in [-0.2, 0) is 6.54 Å². The molecule has 0 fully saturated rings. The fourth-order valence-electron chi connectivity index (χ4n) is 1.17. The number of rotatable bonds is 4. The van der Waals surface area contributed by atoms with Gasteiger partial charge in [0.1, 0.15) is 5.00 Å². The Labute approximate surface area is 101 Å². The van der Waals surface area contributed by atoms with Crippen molar-refractivity contribution < 1.29 is 4.52 Å². The Bertz CT molecular complexity index is 480. The Hall–Kier alpha value is -1.28. The first-order valence-electron chi connectivity index (χ1n) is 4.53. The molecule has 0 radical (unpaired) electrons. The topological polar surface area (TPSA) is 89.9 Å². The third kappa shape index (κ3) is 2.27. The van der Waals surface area contributed by atoms with E-state index in [-0.39, 0.29) is 0 Å². The number of thioether (sulfide) groups is 1. The first kappa shape index (κ1) is 11.2. The van der Waals surface area contributed by atoms with Crippen LogP contribution >= 0.6 is 23.3 Å². The van der Waals surface area contributed by atoms with Gasteiger partial charge < -0.3 is 15.6 Å². The first-order valence-corrected chi connectivity index (χ1v) is 6.52. The number of aromatic nitrogens is 3. The highest BCUT2D eigenvalue weighted by molar-refractivity contribution is 7.99. The van der Waals surface area contributed by atoms with Gasteiger partial charge in [-0.2, -0.15) is 9.36 Å². The van der Waals surface area contributed by atoms with Crippen molar-refractivity contribution in [3.8, 4) is 0 Å². The van der Waals surface area contributed by atoms with Gasteiger partial charge in [0.25, 0.3) is 0 Å². The molecule has 2 aromatic rings. The summed E-state index contributed by atoms with van der Waals surface area (Å²) in [6, 6.07) is 0. The molecule has 86 valence electrons. The van der Waals surface area contributed by atoms with Crippen molar-refractivity contribution in [2.75, 3.05) is 17.3 Å². The van der Waals surface area contributed by atoms with Crippen molar-refractivity contribution in [3.63, 3.8) is 0 Å². The molecule has 16 heavy (non-hydrogen) atoms. The summed E-state index contributed by atoms with van der Waals surface area (Å²) in [5.41, 5.74) is 5.71. The molecular weight excluding hydrogens is 246 g/mol. The second-order valence-electron chi connectivity index (χ2n) is 3.02. The number of hydrogen-bond acceptors (Lipinski definition) is 8. The summed E-state index contributed by atoms with van der Waals surface area (Å²) in [5.74, 6) is 1.74. The average molecular weight is 257 g/mol. The molecule has 0 spiro atoms. The van der Waals surface area contributed by atoms with Gasteiger partial charge in [-0.15, -0.1) is 11.8 Å². The number of hydrogen-bond donors (Lipinski definition) is 2. The van der Waals surface area contributed by atoms with Crippen LogP contribution in [0.15, 0.2) is 9.42 Å². The lowest BCUT2D eigenvalue weighted by Gasteiger charge is -2.01. The molecule has 0 aliphatic rings. The predicted molar refractivity (Wildman–Crippen MR) is 64.7 cm³/mol. The van der Waals surface area contributed by atoms with Crippen LogP contribution in [0.5, 0.6) is 0 Å². The van der Waals surface area contributed by atoms with E-state index in [0.717, 1.165) is 9.90 Å². The molecule has 0 aliphatic heterocycles. The maximum absolute atomic E-state index is 5.71. The van der Waals surface area contributed by atoms with Gasteiger partial charge in [-0.25, -0.2) is 0 Å². The Kier molecular flexibility index (Phi) is 3.30. The summed E-state index contributed by atoms with van der Waals surface area (Å²) in [7, 11) is 0. The van der Waals surface area contributed by atoms with Crippen molar-refractivity contribution in [1.82, 2.24) is 14.5 Å². The Morgan fingerprint density at radius 1 is 1.56 bits per heavy atom. The largest absolute Gasteiger partial charge is 0.382 e. The molecule has 8 heteroatoms. The minimum absolute atomic E-state index is 0.482. The average Bonchev–Trinajstić information content (AvgIpc) is 2.82. The van der Waals surface area contributed by atoms with Gasteiger partial charge in [-0.05, 0) is 24.7 Å². The van der Waals surface area contributed by atoms with Crippen LogP contribution in [0.25, 0.3) is 0 Å². The second-order valence-corrected chi connectivity index (χ2v) is 4.61. The van der Waals surface area contributed by atoms with E-state index in [0.29, 0.717) is 24.1 Å². The first-order chi connectivity index (χ1) is 7.70. The number of anilines is 2. The SMILES string of the molecule is CSc1c(N)nsc1NCc1nc(C)no1. The van der Waals surface area contributed by atoms with Crippen molar-refractivity contribution in [2.45, 2.75) is 18.4 Å². The van der Waals surface area contributed by atoms with Crippen LogP contribution in [0.3, 0.4) is 0 Å². The van der Waals surface area contributed by atoms with Gasteiger partial charge in [0.2, 0.25) is 5.89 Å². The van der Waals surface area contributed by atoms with Gasteiger partial charge in [-0.1, -0.05) is 5.16 Å². The van der Waals surface area contributed by atoms with Crippen LogP contribution in [0.2, 0.25) is 0 Å². The second kappa shape index (κ2) is 4.71. The molecule has 2 rings (SSSR count). The normalized spacial score (nSPS) is 10.6. The van der Waals surface area contributed by atoms with Crippen molar-refractivity contribution >= 4 is 34.1 Å². The highest BCUT2D eigenvalue weighted by atomic mass is 32.2. The quantitative estimate of drug-likeness (QED) is 0.806. The van der Waals surface area contributed by atoms with Gasteiger partial charge in [0.15, 0.2) is 11.6 Å². The van der Waals surface area contributed by atoms with Crippen LogP contribution in [0.4, 0.5) is 10.8 Å². The zero-order valence-electron chi connectivity index (χ0n) is 8.85. The summed E-state index contributed by atoms with van der Waals surface area (Å²) in [5, 5.41) is 7.81. The van der Waals surface area contributed by atoms with Crippen molar-refractivity contribution in [3.05, 3.63) is 11.7 Å². The van der Waals surface area contributed by atoms with E-state index in [4.69, 9.17) is 10.3 Å². The summed E-state index contributed by atoms with van der Waals surface area (Å²) in [4.78, 5) is 5.05. The van der Waals surface area contributed by atoms with E-state index in [1.165, 1.54) is 11.5 Å². The lowest BCUT2D eigenvalue weighted by Crippen LogP contribution is -1.99. The van der Waals surface area contributed by atoms with E-state index >= 15 is 0 Å². The van der Waals surface area contributed by atoms with Gasteiger partial charge in [0.05, 0.1) is 11.4 Å². The number of nitrogen functional groups attached to an aromatic ring is 1. The highest BCUT2D eigenvalue weighted by Crippen LogP contribution is 2.34. The minimum Gasteiger partial charge on any atom is -0.382 e. The lowest BCUT2D eigenvalue weighted by atomic mass is 10.5. The van der Waals surface area contributed by atoms with Crippen LogP contribution in [-0.4, -0.2) is 20.8 Å². The summed E-state index contributed by atoms with van der Waals surface area (Å²) in [6.45, 7) is 2.26. The maximum atomic E-state index is 5.71. The third-order valence-corrected chi connectivity index (χ3v) is 3.62. The number of nitrogens with zero attached hydrogens (tertiary/aromatic N) is 3. The fourth-order valence-corrected chi connectivity index (χ4v) is 2.71. The highest BCUT2D eigenvalue weighted by Gasteiger charge is 2.11.